The van der Waals surface area contributed by atoms with E-state index in [4.69, 9.17) is 4.74 Å². The zero-order valence-electron chi connectivity index (χ0n) is 17.7. The van der Waals surface area contributed by atoms with Gasteiger partial charge in [-0.15, -0.1) is 0 Å². The van der Waals surface area contributed by atoms with E-state index in [9.17, 15) is 9.59 Å². The van der Waals surface area contributed by atoms with Crippen LogP contribution in [0.2, 0.25) is 0 Å². The second-order valence-electron chi connectivity index (χ2n) is 7.42. The van der Waals surface area contributed by atoms with Gasteiger partial charge in [-0.2, -0.15) is 0 Å². The summed E-state index contributed by atoms with van der Waals surface area (Å²) < 4.78 is 5.51. The lowest BCUT2D eigenvalue weighted by Crippen LogP contribution is -2.10. The number of aryl methyl sites for hydroxylation is 1. The molecule has 0 saturated heterocycles. The van der Waals surface area contributed by atoms with Crippen LogP contribution in [0.25, 0.3) is 17.2 Å². The summed E-state index contributed by atoms with van der Waals surface area (Å²) in [4.78, 5) is 25.0. The Hall–Kier alpha value is -4.24. The second kappa shape index (κ2) is 9.71. The number of carbonyl (C=O) groups excluding carboxylic acids is 2. The Labute approximate surface area is 187 Å². The minimum atomic E-state index is -0.404. The Morgan fingerprint density at radius 1 is 0.719 bits per heavy atom. The first-order chi connectivity index (χ1) is 15.6. The highest BCUT2D eigenvalue weighted by atomic mass is 16.5. The summed E-state index contributed by atoms with van der Waals surface area (Å²) in [6.07, 6.45) is 3.25. The third-order valence-electron chi connectivity index (χ3n) is 5.14. The second-order valence-corrected chi connectivity index (χ2v) is 7.42. The van der Waals surface area contributed by atoms with E-state index in [0.29, 0.717) is 16.9 Å². The maximum atomic E-state index is 12.6. The van der Waals surface area contributed by atoms with Crippen LogP contribution in [0, 0.1) is 6.92 Å². The molecule has 0 spiro atoms. The van der Waals surface area contributed by atoms with Crippen molar-refractivity contribution in [3.8, 4) is 16.9 Å². The zero-order chi connectivity index (χ0) is 22.3. The Bertz CT molecular complexity index is 1270. The van der Waals surface area contributed by atoms with Gasteiger partial charge in [-0.05, 0) is 53.5 Å². The molecule has 4 rings (SSSR count). The number of allylic oxidation sites excluding steroid dienone is 1. The molecule has 0 saturated carbocycles. The zero-order valence-corrected chi connectivity index (χ0v) is 17.7. The molecule has 156 valence electrons. The molecule has 4 aromatic rings. The van der Waals surface area contributed by atoms with Gasteiger partial charge in [0, 0.05) is 5.56 Å². The van der Waals surface area contributed by atoms with Gasteiger partial charge in [0.1, 0.15) is 5.75 Å². The lowest BCUT2D eigenvalue weighted by atomic mass is 10.0. The van der Waals surface area contributed by atoms with Gasteiger partial charge in [-0.25, -0.2) is 4.79 Å². The molecule has 0 heterocycles. The predicted molar refractivity (Wildman–Crippen MR) is 128 cm³/mol. The Morgan fingerprint density at radius 2 is 1.41 bits per heavy atom. The average molecular weight is 418 g/mol. The highest BCUT2D eigenvalue weighted by Gasteiger charge is 2.11. The monoisotopic (exact) mass is 418 g/mol. The summed E-state index contributed by atoms with van der Waals surface area (Å²) in [6, 6.07) is 32.0. The molecule has 0 aliphatic rings. The molecule has 0 amide bonds. The topological polar surface area (TPSA) is 43.4 Å². The maximum Gasteiger partial charge on any atom is 0.343 e. The number of ketones is 1. The number of hydrogen-bond acceptors (Lipinski definition) is 3. The molecule has 0 aromatic heterocycles. The van der Waals surface area contributed by atoms with E-state index in [1.54, 1.807) is 36.4 Å². The first-order valence-corrected chi connectivity index (χ1v) is 10.4. The molecule has 0 bridgehead atoms. The standard InChI is InChI=1S/C29H22O3/c1-21-8-5-6-13-27(21)29(31)32-26-12-7-9-22(20-26)14-19-28(30)25-17-15-24(16-18-25)23-10-3-2-4-11-23/h2-20H,1H3/b19-14+. The largest absolute Gasteiger partial charge is 0.423 e. The van der Waals surface area contributed by atoms with Gasteiger partial charge in [0.15, 0.2) is 5.78 Å². The molecule has 0 N–H and O–H groups in total. The first-order valence-electron chi connectivity index (χ1n) is 10.4. The summed E-state index contributed by atoms with van der Waals surface area (Å²) in [7, 11) is 0. The summed E-state index contributed by atoms with van der Waals surface area (Å²) in [6.45, 7) is 1.87. The molecule has 0 aliphatic carbocycles. The summed E-state index contributed by atoms with van der Waals surface area (Å²) in [5.41, 5.74) is 4.95. The van der Waals surface area contributed by atoms with E-state index >= 15 is 0 Å². The van der Waals surface area contributed by atoms with E-state index in [1.807, 2.05) is 79.7 Å². The van der Waals surface area contributed by atoms with Crippen molar-refractivity contribution in [2.75, 3.05) is 0 Å². The Balaban J connectivity index is 1.44. The van der Waals surface area contributed by atoms with Gasteiger partial charge in [0.2, 0.25) is 0 Å². The number of rotatable bonds is 6. The fourth-order valence-corrected chi connectivity index (χ4v) is 3.37. The van der Waals surface area contributed by atoms with Crippen LogP contribution in [0.15, 0.2) is 109 Å². The van der Waals surface area contributed by atoms with Crippen molar-refractivity contribution in [1.82, 2.24) is 0 Å². The minimum Gasteiger partial charge on any atom is -0.423 e. The van der Waals surface area contributed by atoms with Gasteiger partial charge < -0.3 is 4.74 Å². The molecule has 0 aliphatic heterocycles. The molecule has 3 nitrogen and oxygen atoms in total. The van der Waals surface area contributed by atoms with Gasteiger partial charge in [0.25, 0.3) is 0 Å². The SMILES string of the molecule is Cc1ccccc1C(=O)Oc1cccc(/C=C/C(=O)c2ccc(-c3ccccc3)cc2)c1. The predicted octanol–water partition coefficient (Wildman–Crippen LogP) is 6.78. The molecule has 0 atom stereocenters. The summed E-state index contributed by atoms with van der Waals surface area (Å²) in [5, 5.41) is 0. The van der Waals surface area contributed by atoms with Crippen LogP contribution in [0.3, 0.4) is 0 Å². The highest BCUT2D eigenvalue weighted by molar-refractivity contribution is 6.07. The van der Waals surface area contributed by atoms with Gasteiger partial charge >= 0.3 is 5.97 Å². The van der Waals surface area contributed by atoms with E-state index in [-0.39, 0.29) is 5.78 Å². The number of esters is 1. The van der Waals surface area contributed by atoms with Crippen molar-refractivity contribution in [3.63, 3.8) is 0 Å². The van der Waals surface area contributed by atoms with Crippen molar-refractivity contribution in [1.29, 1.82) is 0 Å². The third-order valence-corrected chi connectivity index (χ3v) is 5.14. The molecular formula is C29H22O3. The van der Waals surface area contributed by atoms with Crippen molar-refractivity contribution in [2.24, 2.45) is 0 Å². The van der Waals surface area contributed by atoms with E-state index in [0.717, 1.165) is 22.3 Å². The van der Waals surface area contributed by atoms with Gasteiger partial charge in [0.05, 0.1) is 5.56 Å². The molecule has 32 heavy (non-hydrogen) atoms. The molecule has 0 unspecified atom stereocenters. The van der Waals surface area contributed by atoms with E-state index in [2.05, 4.69) is 0 Å². The van der Waals surface area contributed by atoms with Crippen molar-refractivity contribution >= 4 is 17.8 Å². The highest BCUT2D eigenvalue weighted by Crippen LogP contribution is 2.20. The number of benzene rings is 4. The smallest absolute Gasteiger partial charge is 0.343 e. The molecule has 0 radical (unpaired) electrons. The van der Waals surface area contributed by atoms with Crippen LogP contribution < -0.4 is 4.74 Å². The first kappa shape index (κ1) is 21.0. The molecule has 4 aromatic carbocycles. The maximum absolute atomic E-state index is 12.6. The van der Waals surface area contributed by atoms with E-state index < -0.39 is 5.97 Å². The molecule has 0 fully saturated rings. The molecular weight excluding hydrogens is 396 g/mol. The number of carbonyl (C=O) groups is 2. The number of ether oxygens (including phenoxy) is 1. The van der Waals surface area contributed by atoms with E-state index in [1.165, 1.54) is 6.08 Å². The normalized spacial score (nSPS) is 10.8. The fraction of sp³-hybridized carbons (Fsp3) is 0.0345. The van der Waals surface area contributed by atoms with Crippen LogP contribution in [-0.2, 0) is 0 Å². The Morgan fingerprint density at radius 3 is 2.16 bits per heavy atom. The van der Waals surface area contributed by atoms with Crippen molar-refractivity contribution in [3.05, 3.63) is 131 Å². The fourth-order valence-electron chi connectivity index (χ4n) is 3.37. The average Bonchev–Trinajstić information content (AvgIpc) is 2.83. The summed E-state index contributed by atoms with van der Waals surface area (Å²) >= 11 is 0. The lowest BCUT2D eigenvalue weighted by Gasteiger charge is -2.07. The lowest BCUT2D eigenvalue weighted by molar-refractivity contribution is 0.0733. The minimum absolute atomic E-state index is 0.0908. The van der Waals surface area contributed by atoms with Crippen LogP contribution in [-0.4, -0.2) is 11.8 Å². The van der Waals surface area contributed by atoms with Crippen molar-refractivity contribution in [2.45, 2.75) is 6.92 Å². The van der Waals surface area contributed by atoms with Crippen LogP contribution in [0.1, 0.15) is 31.8 Å². The quantitative estimate of drug-likeness (QED) is 0.150. The van der Waals surface area contributed by atoms with Crippen molar-refractivity contribution < 1.29 is 14.3 Å². The van der Waals surface area contributed by atoms with Crippen LogP contribution in [0.5, 0.6) is 5.75 Å². The number of hydrogen-bond donors (Lipinski definition) is 0. The summed E-state index contributed by atoms with van der Waals surface area (Å²) in [5.74, 6) is -0.0641. The van der Waals surface area contributed by atoms with Gasteiger partial charge in [-0.1, -0.05) is 91.0 Å². The third kappa shape index (κ3) is 5.08. The molecule has 3 heteroatoms. The van der Waals surface area contributed by atoms with Gasteiger partial charge in [-0.3, -0.25) is 4.79 Å². The van der Waals surface area contributed by atoms with Crippen LogP contribution >= 0.6 is 0 Å². The van der Waals surface area contributed by atoms with Crippen LogP contribution in [0.4, 0.5) is 0 Å². The Kier molecular flexibility index (Phi) is 6.38.